The SMILES string of the molecule is COc1ccccc1Oc1c(NS(=O)(=O)Cc2ccccc2)nc(-c2ncccn2)nc1OCCO. The Morgan fingerprint density at radius 3 is 2.28 bits per heavy atom. The second-order valence-electron chi connectivity index (χ2n) is 7.27. The Bertz CT molecular complexity index is 1410. The van der Waals surface area contributed by atoms with Gasteiger partial charge in [0.25, 0.3) is 5.88 Å². The summed E-state index contributed by atoms with van der Waals surface area (Å²) in [4.78, 5) is 17.0. The van der Waals surface area contributed by atoms with Gasteiger partial charge in [-0.15, -0.1) is 0 Å². The van der Waals surface area contributed by atoms with Crippen molar-refractivity contribution in [3.63, 3.8) is 0 Å². The van der Waals surface area contributed by atoms with Crippen molar-refractivity contribution < 1.29 is 27.7 Å². The van der Waals surface area contributed by atoms with Crippen molar-refractivity contribution >= 4 is 15.8 Å². The molecule has 2 aromatic carbocycles. The minimum absolute atomic E-state index is 0.00618. The number of aliphatic hydroxyl groups excluding tert-OH is 1. The Labute approximate surface area is 207 Å². The van der Waals surface area contributed by atoms with Crippen molar-refractivity contribution in [2.45, 2.75) is 5.75 Å². The summed E-state index contributed by atoms with van der Waals surface area (Å²) in [5, 5.41) is 9.33. The molecule has 0 spiro atoms. The smallest absolute Gasteiger partial charge is 0.263 e. The van der Waals surface area contributed by atoms with Crippen molar-refractivity contribution in [3.05, 3.63) is 78.6 Å². The molecule has 2 N–H and O–H groups in total. The molecular weight excluding hydrogens is 486 g/mol. The van der Waals surface area contributed by atoms with Crippen LogP contribution in [0.3, 0.4) is 0 Å². The van der Waals surface area contributed by atoms with Gasteiger partial charge in [-0.2, -0.15) is 4.98 Å². The van der Waals surface area contributed by atoms with Crippen LogP contribution in [0.4, 0.5) is 5.82 Å². The largest absolute Gasteiger partial charge is 0.493 e. The zero-order valence-corrected chi connectivity index (χ0v) is 20.1. The van der Waals surface area contributed by atoms with Crippen LogP contribution in [0.5, 0.6) is 23.1 Å². The van der Waals surface area contributed by atoms with Crippen LogP contribution >= 0.6 is 0 Å². The number of methoxy groups -OCH3 is 1. The van der Waals surface area contributed by atoms with E-state index in [1.807, 2.05) is 0 Å². The van der Waals surface area contributed by atoms with E-state index in [1.54, 1.807) is 60.7 Å². The first kappa shape index (κ1) is 24.8. The monoisotopic (exact) mass is 509 g/mol. The van der Waals surface area contributed by atoms with Crippen LogP contribution in [0.25, 0.3) is 11.6 Å². The fourth-order valence-electron chi connectivity index (χ4n) is 3.14. The number of aliphatic hydroxyl groups is 1. The Morgan fingerprint density at radius 1 is 0.889 bits per heavy atom. The van der Waals surface area contributed by atoms with E-state index in [-0.39, 0.29) is 53.8 Å². The summed E-state index contributed by atoms with van der Waals surface area (Å²) in [6.45, 7) is -0.449. The Kier molecular flexibility index (Phi) is 7.88. The molecule has 0 amide bonds. The number of nitrogens with zero attached hydrogens (tertiary/aromatic N) is 4. The first-order valence-corrected chi connectivity index (χ1v) is 12.4. The number of rotatable bonds is 11. The molecule has 186 valence electrons. The van der Waals surface area contributed by atoms with Gasteiger partial charge >= 0.3 is 0 Å². The molecule has 2 heterocycles. The Morgan fingerprint density at radius 2 is 1.58 bits per heavy atom. The second kappa shape index (κ2) is 11.4. The third-order valence-electron chi connectivity index (χ3n) is 4.66. The van der Waals surface area contributed by atoms with Gasteiger partial charge in [0, 0.05) is 12.4 Å². The first-order chi connectivity index (χ1) is 17.5. The van der Waals surface area contributed by atoms with Crippen LogP contribution in [0.15, 0.2) is 73.1 Å². The maximum atomic E-state index is 13.1. The molecule has 36 heavy (non-hydrogen) atoms. The highest BCUT2D eigenvalue weighted by atomic mass is 32.2. The van der Waals surface area contributed by atoms with Gasteiger partial charge in [-0.1, -0.05) is 42.5 Å². The van der Waals surface area contributed by atoms with E-state index >= 15 is 0 Å². The zero-order chi connectivity index (χ0) is 25.4. The Balaban J connectivity index is 1.83. The predicted octanol–water partition coefficient (Wildman–Crippen LogP) is 3.05. The zero-order valence-electron chi connectivity index (χ0n) is 19.2. The lowest BCUT2D eigenvalue weighted by Gasteiger charge is -2.18. The van der Waals surface area contributed by atoms with Crippen LogP contribution in [0.2, 0.25) is 0 Å². The maximum Gasteiger partial charge on any atom is 0.263 e. The highest BCUT2D eigenvalue weighted by Gasteiger charge is 2.25. The summed E-state index contributed by atoms with van der Waals surface area (Å²) in [7, 11) is -2.48. The number of anilines is 1. The van der Waals surface area contributed by atoms with Crippen molar-refractivity contribution in [2.75, 3.05) is 25.0 Å². The van der Waals surface area contributed by atoms with E-state index in [4.69, 9.17) is 14.2 Å². The van der Waals surface area contributed by atoms with Gasteiger partial charge in [-0.25, -0.2) is 23.4 Å². The number of ether oxygens (including phenoxy) is 3. The number of hydrogen-bond acceptors (Lipinski definition) is 10. The highest BCUT2D eigenvalue weighted by Crippen LogP contribution is 2.41. The summed E-state index contributed by atoms with van der Waals surface area (Å²) in [5.74, 6) is 0.0443. The molecule has 0 saturated heterocycles. The maximum absolute atomic E-state index is 13.1. The number of aromatic nitrogens is 4. The van der Waals surface area contributed by atoms with E-state index in [2.05, 4.69) is 24.7 Å². The molecule has 0 radical (unpaired) electrons. The summed E-state index contributed by atoms with van der Waals surface area (Å²) >= 11 is 0. The number of hydrogen-bond donors (Lipinski definition) is 2. The summed E-state index contributed by atoms with van der Waals surface area (Å²) < 4.78 is 45.7. The summed E-state index contributed by atoms with van der Waals surface area (Å²) in [5.41, 5.74) is 0.578. The first-order valence-electron chi connectivity index (χ1n) is 10.8. The summed E-state index contributed by atoms with van der Waals surface area (Å²) in [6.07, 6.45) is 3.00. The van der Waals surface area contributed by atoms with Crippen LogP contribution in [-0.2, 0) is 15.8 Å². The molecule has 0 aliphatic heterocycles. The van der Waals surface area contributed by atoms with Gasteiger partial charge in [0.05, 0.1) is 19.5 Å². The van der Waals surface area contributed by atoms with Gasteiger partial charge in [-0.05, 0) is 23.8 Å². The van der Waals surface area contributed by atoms with E-state index in [1.165, 1.54) is 19.5 Å². The average molecular weight is 510 g/mol. The van der Waals surface area contributed by atoms with E-state index in [9.17, 15) is 13.5 Å². The lowest BCUT2D eigenvalue weighted by atomic mass is 10.2. The number of nitrogens with one attached hydrogen (secondary N) is 1. The fraction of sp³-hybridized carbons (Fsp3) is 0.167. The van der Waals surface area contributed by atoms with E-state index < -0.39 is 10.0 Å². The van der Waals surface area contributed by atoms with Crippen LogP contribution in [0.1, 0.15) is 5.56 Å². The van der Waals surface area contributed by atoms with Gasteiger partial charge < -0.3 is 19.3 Å². The van der Waals surface area contributed by atoms with Gasteiger partial charge in [0.2, 0.25) is 21.6 Å². The molecular formula is C24H23N5O6S. The molecule has 0 bridgehead atoms. The predicted molar refractivity (Wildman–Crippen MR) is 131 cm³/mol. The van der Waals surface area contributed by atoms with E-state index in [0.29, 0.717) is 11.3 Å². The molecule has 0 unspecified atom stereocenters. The van der Waals surface area contributed by atoms with E-state index in [0.717, 1.165) is 0 Å². The molecule has 11 nitrogen and oxygen atoms in total. The molecule has 12 heteroatoms. The molecule has 4 rings (SSSR count). The molecule has 0 saturated carbocycles. The number of sulfonamides is 1. The Hall–Kier alpha value is -4.29. The fourth-order valence-corrected chi connectivity index (χ4v) is 4.27. The van der Waals surface area contributed by atoms with Crippen molar-refractivity contribution in [1.29, 1.82) is 0 Å². The molecule has 4 aromatic rings. The number of benzene rings is 2. The normalized spacial score (nSPS) is 11.1. The minimum atomic E-state index is -3.95. The lowest BCUT2D eigenvalue weighted by Crippen LogP contribution is -2.18. The quantitative estimate of drug-likeness (QED) is 0.309. The highest BCUT2D eigenvalue weighted by molar-refractivity contribution is 7.91. The van der Waals surface area contributed by atoms with Crippen molar-refractivity contribution in [1.82, 2.24) is 19.9 Å². The van der Waals surface area contributed by atoms with Gasteiger partial charge in [0.1, 0.15) is 6.61 Å². The van der Waals surface area contributed by atoms with Crippen molar-refractivity contribution in [3.8, 4) is 34.8 Å². The van der Waals surface area contributed by atoms with Crippen LogP contribution in [-0.4, -0.2) is 53.8 Å². The minimum Gasteiger partial charge on any atom is -0.493 e. The van der Waals surface area contributed by atoms with Gasteiger partial charge in [-0.3, -0.25) is 4.72 Å². The molecule has 2 aromatic heterocycles. The van der Waals surface area contributed by atoms with Gasteiger partial charge in [0.15, 0.2) is 23.1 Å². The van der Waals surface area contributed by atoms with Crippen LogP contribution in [0, 0.1) is 0 Å². The molecule has 0 aliphatic rings. The topological polar surface area (TPSA) is 146 Å². The average Bonchev–Trinajstić information content (AvgIpc) is 2.89. The lowest BCUT2D eigenvalue weighted by molar-refractivity contribution is 0.192. The van der Waals surface area contributed by atoms with Crippen LogP contribution < -0.4 is 18.9 Å². The standard InChI is InChI=1S/C24H23N5O6S/c1-33-18-10-5-6-11-19(18)35-20-21(29-36(31,32)16-17-8-3-2-4-9-17)27-23(22-25-12-7-13-26-22)28-24(20)34-15-14-30/h2-13,30H,14-16H2,1H3,(H,27,28,29). The molecule has 0 atom stereocenters. The third kappa shape index (κ3) is 6.23. The second-order valence-corrected chi connectivity index (χ2v) is 9.00. The molecule has 0 fully saturated rings. The molecule has 0 aliphatic carbocycles. The van der Waals surface area contributed by atoms with Crippen molar-refractivity contribution in [2.24, 2.45) is 0 Å². The number of para-hydroxylation sites is 2. The third-order valence-corrected chi connectivity index (χ3v) is 5.88. The summed E-state index contributed by atoms with van der Waals surface area (Å²) in [6, 6.07) is 17.1.